The van der Waals surface area contributed by atoms with Crippen molar-refractivity contribution in [2.45, 2.75) is 52.2 Å². The Bertz CT molecular complexity index is 185. The minimum absolute atomic E-state index is 0.0374. The lowest BCUT2D eigenvalue weighted by Crippen LogP contribution is -2.39. The maximum Gasteiger partial charge on any atom is 0.0878 e. The van der Waals surface area contributed by atoms with E-state index in [4.69, 9.17) is 11.2 Å². The highest BCUT2D eigenvalue weighted by molar-refractivity contribution is 4.85. The third kappa shape index (κ3) is 4.64. The molecule has 0 aliphatic rings. The van der Waals surface area contributed by atoms with E-state index in [0.717, 1.165) is 12.8 Å². The van der Waals surface area contributed by atoms with Crippen molar-refractivity contribution in [2.75, 3.05) is 7.11 Å². The summed E-state index contributed by atoms with van der Waals surface area (Å²) in [5, 5.41) is 9.88. The molecular weight excluding hydrogens is 176 g/mol. The van der Waals surface area contributed by atoms with Crippen molar-refractivity contribution in [3.05, 3.63) is 0 Å². The van der Waals surface area contributed by atoms with Crippen molar-refractivity contribution in [3.8, 4) is 12.3 Å². The predicted molar refractivity (Wildman–Crippen MR) is 58.9 cm³/mol. The number of aliphatic hydroxyl groups is 1. The van der Waals surface area contributed by atoms with Crippen molar-refractivity contribution in [3.63, 3.8) is 0 Å². The molecule has 2 nitrogen and oxygen atoms in total. The molecule has 0 radical (unpaired) electrons. The molecule has 2 unspecified atom stereocenters. The molecule has 0 heterocycles. The molecule has 2 heteroatoms. The molecule has 82 valence electrons. The fraction of sp³-hybridized carbons (Fsp3) is 0.833. The van der Waals surface area contributed by atoms with Gasteiger partial charge in [0, 0.05) is 13.5 Å². The van der Waals surface area contributed by atoms with E-state index in [1.54, 1.807) is 7.11 Å². The van der Waals surface area contributed by atoms with Gasteiger partial charge in [0.25, 0.3) is 0 Å². The Morgan fingerprint density at radius 3 is 2.36 bits per heavy atom. The van der Waals surface area contributed by atoms with Crippen LogP contribution in [-0.4, -0.2) is 24.4 Å². The molecule has 0 aromatic rings. The Morgan fingerprint density at radius 1 is 1.43 bits per heavy atom. The van der Waals surface area contributed by atoms with Crippen LogP contribution in [0.25, 0.3) is 0 Å². The van der Waals surface area contributed by atoms with Gasteiger partial charge in [-0.15, -0.1) is 12.3 Å². The predicted octanol–water partition coefficient (Wildman–Crippen LogP) is 2.21. The summed E-state index contributed by atoms with van der Waals surface area (Å²) in [7, 11) is 1.64. The number of hydrogen-bond acceptors (Lipinski definition) is 2. The number of terminal acetylenes is 1. The zero-order valence-electron chi connectivity index (χ0n) is 9.71. The third-order valence-electron chi connectivity index (χ3n) is 2.28. The average Bonchev–Trinajstić information content (AvgIpc) is 2.03. The molecule has 0 aliphatic carbocycles. The van der Waals surface area contributed by atoms with Gasteiger partial charge in [0.05, 0.1) is 12.2 Å². The van der Waals surface area contributed by atoms with Crippen molar-refractivity contribution in [2.24, 2.45) is 5.41 Å². The van der Waals surface area contributed by atoms with Crippen LogP contribution >= 0.6 is 0 Å². The molecule has 0 aliphatic heterocycles. The normalized spacial score (nSPS) is 16.0. The second-order valence-electron chi connectivity index (χ2n) is 4.69. The Morgan fingerprint density at radius 2 is 2.00 bits per heavy atom. The van der Waals surface area contributed by atoms with E-state index in [0.29, 0.717) is 6.42 Å². The maximum absolute atomic E-state index is 9.88. The lowest BCUT2D eigenvalue weighted by Gasteiger charge is -2.33. The van der Waals surface area contributed by atoms with Crippen molar-refractivity contribution in [1.82, 2.24) is 0 Å². The molecule has 0 fully saturated rings. The van der Waals surface area contributed by atoms with Gasteiger partial charge in [-0.2, -0.15) is 0 Å². The number of aliphatic hydroxyl groups excluding tert-OH is 1. The highest BCUT2D eigenvalue weighted by Crippen LogP contribution is 2.26. The molecule has 14 heavy (non-hydrogen) atoms. The SMILES string of the molecule is C#CCCCC(O)C(OC)C(C)(C)C. The van der Waals surface area contributed by atoms with Crippen LogP contribution in [0.4, 0.5) is 0 Å². The first-order chi connectivity index (χ1) is 6.43. The van der Waals surface area contributed by atoms with Crippen molar-refractivity contribution < 1.29 is 9.84 Å². The summed E-state index contributed by atoms with van der Waals surface area (Å²) in [6.45, 7) is 6.18. The van der Waals surface area contributed by atoms with Gasteiger partial charge >= 0.3 is 0 Å². The second-order valence-corrected chi connectivity index (χ2v) is 4.69. The van der Waals surface area contributed by atoms with Gasteiger partial charge in [-0.05, 0) is 18.3 Å². The summed E-state index contributed by atoms with van der Waals surface area (Å²) >= 11 is 0. The fourth-order valence-electron chi connectivity index (χ4n) is 1.65. The molecule has 0 bridgehead atoms. The van der Waals surface area contributed by atoms with Gasteiger partial charge in [0.2, 0.25) is 0 Å². The summed E-state index contributed by atoms with van der Waals surface area (Å²) < 4.78 is 5.31. The van der Waals surface area contributed by atoms with Gasteiger partial charge < -0.3 is 9.84 Å². The van der Waals surface area contributed by atoms with Crippen LogP contribution in [-0.2, 0) is 4.74 Å². The van der Waals surface area contributed by atoms with E-state index in [1.165, 1.54) is 0 Å². The standard InChI is InChI=1S/C12H22O2/c1-6-7-8-9-10(13)11(14-5)12(2,3)4/h1,10-11,13H,7-9H2,2-5H3. The maximum atomic E-state index is 9.88. The first kappa shape index (κ1) is 13.5. The largest absolute Gasteiger partial charge is 0.390 e. The van der Waals surface area contributed by atoms with Crippen LogP contribution in [0.5, 0.6) is 0 Å². The minimum Gasteiger partial charge on any atom is -0.390 e. The number of rotatable bonds is 5. The van der Waals surface area contributed by atoms with Crippen LogP contribution in [0.3, 0.4) is 0 Å². The van der Waals surface area contributed by atoms with E-state index in [2.05, 4.69) is 26.7 Å². The first-order valence-electron chi connectivity index (χ1n) is 5.07. The first-order valence-corrected chi connectivity index (χ1v) is 5.07. The van der Waals surface area contributed by atoms with E-state index < -0.39 is 6.10 Å². The lowest BCUT2D eigenvalue weighted by molar-refractivity contribution is -0.0735. The monoisotopic (exact) mass is 198 g/mol. The Labute approximate surface area is 87.7 Å². The van der Waals surface area contributed by atoms with E-state index in [1.807, 2.05) is 0 Å². The number of hydrogen-bond donors (Lipinski definition) is 1. The van der Waals surface area contributed by atoms with Crippen LogP contribution in [0.1, 0.15) is 40.0 Å². The Balaban J connectivity index is 4.06. The van der Waals surface area contributed by atoms with E-state index in [-0.39, 0.29) is 11.5 Å². The molecule has 0 aromatic heterocycles. The van der Waals surface area contributed by atoms with Crippen LogP contribution in [0.2, 0.25) is 0 Å². The van der Waals surface area contributed by atoms with Crippen LogP contribution in [0.15, 0.2) is 0 Å². The Kier molecular flexibility index (Phi) is 5.83. The summed E-state index contributed by atoms with van der Waals surface area (Å²) in [5.74, 6) is 2.57. The molecule has 0 rings (SSSR count). The quantitative estimate of drug-likeness (QED) is 0.542. The molecule has 2 atom stereocenters. The number of ether oxygens (including phenoxy) is 1. The number of methoxy groups -OCH3 is 1. The van der Waals surface area contributed by atoms with Gasteiger partial charge in [0.15, 0.2) is 0 Å². The highest BCUT2D eigenvalue weighted by Gasteiger charge is 2.30. The molecule has 0 spiro atoms. The van der Waals surface area contributed by atoms with E-state index in [9.17, 15) is 5.11 Å². The molecule has 1 N–H and O–H groups in total. The smallest absolute Gasteiger partial charge is 0.0878 e. The topological polar surface area (TPSA) is 29.5 Å². The second kappa shape index (κ2) is 6.06. The van der Waals surface area contributed by atoms with Crippen molar-refractivity contribution >= 4 is 0 Å². The molecule has 0 aromatic carbocycles. The van der Waals surface area contributed by atoms with Gasteiger partial charge in [-0.3, -0.25) is 0 Å². The highest BCUT2D eigenvalue weighted by atomic mass is 16.5. The third-order valence-corrected chi connectivity index (χ3v) is 2.28. The fourth-order valence-corrected chi connectivity index (χ4v) is 1.65. The Hall–Kier alpha value is -0.520. The zero-order valence-corrected chi connectivity index (χ0v) is 9.71. The molecule has 0 saturated carbocycles. The molecule has 0 amide bonds. The van der Waals surface area contributed by atoms with Crippen molar-refractivity contribution in [1.29, 1.82) is 0 Å². The lowest BCUT2D eigenvalue weighted by atomic mass is 9.84. The molecular formula is C12H22O2. The van der Waals surface area contributed by atoms with Crippen LogP contribution < -0.4 is 0 Å². The summed E-state index contributed by atoms with van der Waals surface area (Å²) in [6, 6.07) is 0. The van der Waals surface area contributed by atoms with Crippen LogP contribution in [0, 0.1) is 17.8 Å². The van der Waals surface area contributed by atoms with E-state index >= 15 is 0 Å². The minimum atomic E-state index is -0.423. The summed E-state index contributed by atoms with van der Waals surface area (Å²) in [6.07, 6.45) is 6.88. The molecule has 0 saturated heterocycles. The van der Waals surface area contributed by atoms with Gasteiger partial charge in [-0.25, -0.2) is 0 Å². The van der Waals surface area contributed by atoms with Gasteiger partial charge in [-0.1, -0.05) is 20.8 Å². The number of unbranched alkanes of at least 4 members (excludes halogenated alkanes) is 1. The summed E-state index contributed by atoms with van der Waals surface area (Å²) in [5.41, 5.74) is -0.0374. The summed E-state index contributed by atoms with van der Waals surface area (Å²) in [4.78, 5) is 0. The van der Waals surface area contributed by atoms with Gasteiger partial charge in [0.1, 0.15) is 0 Å². The zero-order chi connectivity index (χ0) is 11.2. The average molecular weight is 198 g/mol.